The zero-order valence-corrected chi connectivity index (χ0v) is 8.44. The third-order valence-corrected chi connectivity index (χ3v) is 2.11. The monoisotopic (exact) mass is 215 g/mol. The molecular formula is C11H6ClN3. The Morgan fingerprint density at radius 3 is 2.60 bits per heavy atom. The summed E-state index contributed by atoms with van der Waals surface area (Å²) in [6.07, 6.45) is 3.13. The van der Waals surface area contributed by atoms with Crippen LogP contribution in [-0.4, -0.2) is 9.97 Å². The van der Waals surface area contributed by atoms with Crippen molar-refractivity contribution in [2.75, 3.05) is 0 Å². The summed E-state index contributed by atoms with van der Waals surface area (Å²) < 4.78 is 0. The molecule has 0 aliphatic carbocycles. The Bertz CT molecular complexity index is 514. The first kappa shape index (κ1) is 9.63. The molecule has 0 atom stereocenters. The molecule has 72 valence electrons. The molecule has 4 heteroatoms. The second kappa shape index (κ2) is 4.07. The zero-order chi connectivity index (χ0) is 10.7. The van der Waals surface area contributed by atoms with Gasteiger partial charge >= 0.3 is 0 Å². The van der Waals surface area contributed by atoms with E-state index in [-0.39, 0.29) is 0 Å². The lowest BCUT2D eigenvalue weighted by molar-refractivity contribution is 1.24. The number of nitrogens with zero attached hydrogens (tertiary/aromatic N) is 3. The molecule has 3 nitrogen and oxygen atoms in total. The molecule has 0 saturated carbocycles. The van der Waals surface area contributed by atoms with Crippen LogP contribution in [-0.2, 0) is 0 Å². The van der Waals surface area contributed by atoms with Gasteiger partial charge in [0.25, 0.3) is 0 Å². The van der Waals surface area contributed by atoms with E-state index in [9.17, 15) is 0 Å². The van der Waals surface area contributed by atoms with Gasteiger partial charge in [0.05, 0.1) is 17.0 Å². The molecule has 2 aromatic heterocycles. The van der Waals surface area contributed by atoms with Gasteiger partial charge in [-0.1, -0.05) is 11.6 Å². The van der Waals surface area contributed by atoms with Gasteiger partial charge in [-0.25, -0.2) is 0 Å². The third-order valence-electron chi connectivity index (χ3n) is 1.88. The largest absolute Gasteiger partial charge is 0.255 e. The van der Waals surface area contributed by atoms with Gasteiger partial charge in [-0.2, -0.15) is 5.26 Å². The SMILES string of the molecule is N#Cc1ccc(-c2cc(Cl)ccn2)nc1. The molecular weight excluding hydrogens is 210 g/mol. The molecule has 0 spiro atoms. The second-order valence-electron chi connectivity index (χ2n) is 2.90. The molecule has 2 aromatic rings. The van der Waals surface area contributed by atoms with E-state index < -0.39 is 0 Å². The summed E-state index contributed by atoms with van der Waals surface area (Å²) in [5.41, 5.74) is 1.93. The molecule has 0 bridgehead atoms. The number of halogens is 1. The Kier molecular flexibility index (Phi) is 2.61. The van der Waals surface area contributed by atoms with Crippen molar-refractivity contribution in [3.05, 3.63) is 47.2 Å². The summed E-state index contributed by atoms with van der Waals surface area (Å²) in [6, 6.07) is 8.89. The minimum atomic E-state index is 0.528. The van der Waals surface area contributed by atoms with Gasteiger partial charge in [0, 0.05) is 17.4 Å². The average molecular weight is 216 g/mol. The van der Waals surface area contributed by atoms with Crippen LogP contribution in [0.2, 0.25) is 5.02 Å². The maximum absolute atomic E-state index is 8.62. The molecule has 0 N–H and O–H groups in total. The Hall–Kier alpha value is -1.92. The Morgan fingerprint density at radius 1 is 1.13 bits per heavy atom. The van der Waals surface area contributed by atoms with Crippen LogP contribution in [0.3, 0.4) is 0 Å². The summed E-state index contributed by atoms with van der Waals surface area (Å²) in [5.74, 6) is 0. The summed E-state index contributed by atoms with van der Waals surface area (Å²) >= 11 is 5.83. The molecule has 0 aliphatic rings. The lowest BCUT2D eigenvalue weighted by Crippen LogP contribution is -1.87. The van der Waals surface area contributed by atoms with Crippen molar-refractivity contribution in [3.8, 4) is 17.5 Å². The molecule has 0 radical (unpaired) electrons. The van der Waals surface area contributed by atoms with Crippen molar-refractivity contribution >= 4 is 11.6 Å². The summed E-state index contributed by atoms with van der Waals surface area (Å²) in [6.45, 7) is 0. The normalized spacial score (nSPS) is 9.60. The zero-order valence-electron chi connectivity index (χ0n) is 7.68. The van der Waals surface area contributed by atoms with Crippen LogP contribution in [0.1, 0.15) is 5.56 Å². The van der Waals surface area contributed by atoms with Crippen LogP contribution in [0, 0.1) is 11.3 Å². The first-order chi connectivity index (χ1) is 7.29. The lowest BCUT2D eigenvalue weighted by Gasteiger charge is -1.99. The number of aromatic nitrogens is 2. The number of hydrogen-bond donors (Lipinski definition) is 0. The number of rotatable bonds is 1. The minimum Gasteiger partial charge on any atom is -0.255 e. The molecule has 2 heterocycles. The van der Waals surface area contributed by atoms with E-state index in [1.807, 2.05) is 6.07 Å². The first-order valence-electron chi connectivity index (χ1n) is 4.27. The standard InChI is InChI=1S/C11H6ClN3/c12-9-3-4-14-11(5-9)10-2-1-8(6-13)7-15-10/h1-5,7H. The fraction of sp³-hybridized carbons (Fsp3) is 0. The van der Waals surface area contributed by atoms with Gasteiger partial charge in [-0.05, 0) is 24.3 Å². The van der Waals surface area contributed by atoms with E-state index in [1.54, 1.807) is 30.5 Å². The molecule has 15 heavy (non-hydrogen) atoms. The summed E-state index contributed by atoms with van der Waals surface area (Å²) in [5, 5.41) is 9.23. The van der Waals surface area contributed by atoms with Gasteiger partial charge in [-0.3, -0.25) is 9.97 Å². The maximum Gasteiger partial charge on any atom is 0.101 e. The Morgan fingerprint density at radius 2 is 2.00 bits per heavy atom. The van der Waals surface area contributed by atoms with Crippen LogP contribution >= 0.6 is 11.6 Å². The molecule has 0 aliphatic heterocycles. The fourth-order valence-electron chi connectivity index (χ4n) is 1.16. The topological polar surface area (TPSA) is 49.6 Å². The van der Waals surface area contributed by atoms with E-state index in [0.717, 1.165) is 0 Å². The minimum absolute atomic E-state index is 0.528. The quantitative estimate of drug-likeness (QED) is 0.735. The van der Waals surface area contributed by atoms with Crippen LogP contribution in [0.25, 0.3) is 11.4 Å². The van der Waals surface area contributed by atoms with Crippen LogP contribution in [0.4, 0.5) is 0 Å². The van der Waals surface area contributed by atoms with Crippen molar-refractivity contribution < 1.29 is 0 Å². The highest BCUT2D eigenvalue weighted by atomic mass is 35.5. The third kappa shape index (κ3) is 2.12. The second-order valence-corrected chi connectivity index (χ2v) is 3.34. The molecule has 0 fully saturated rings. The predicted molar refractivity (Wildman–Crippen MR) is 57.2 cm³/mol. The highest BCUT2D eigenvalue weighted by molar-refractivity contribution is 6.30. The van der Waals surface area contributed by atoms with Crippen molar-refractivity contribution in [3.63, 3.8) is 0 Å². The van der Waals surface area contributed by atoms with Crippen LogP contribution < -0.4 is 0 Å². The van der Waals surface area contributed by atoms with Crippen molar-refractivity contribution in [1.29, 1.82) is 5.26 Å². The fourth-order valence-corrected chi connectivity index (χ4v) is 1.32. The number of nitriles is 1. The predicted octanol–water partition coefficient (Wildman–Crippen LogP) is 2.67. The lowest BCUT2D eigenvalue weighted by atomic mass is 10.2. The Labute approximate surface area is 92.0 Å². The first-order valence-corrected chi connectivity index (χ1v) is 4.65. The van der Waals surface area contributed by atoms with E-state index in [2.05, 4.69) is 9.97 Å². The van der Waals surface area contributed by atoms with Crippen LogP contribution in [0.5, 0.6) is 0 Å². The Balaban J connectivity index is 2.42. The molecule has 0 unspecified atom stereocenters. The van der Waals surface area contributed by atoms with Gasteiger partial charge in [0.2, 0.25) is 0 Å². The van der Waals surface area contributed by atoms with Gasteiger partial charge < -0.3 is 0 Å². The average Bonchev–Trinajstić information content (AvgIpc) is 2.29. The van der Waals surface area contributed by atoms with E-state index in [1.165, 1.54) is 6.20 Å². The van der Waals surface area contributed by atoms with E-state index in [0.29, 0.717) is 22.0 Å². The molecule has 0 amide bonds. The highest BCUT2D eigenvalue weighted by Gasteiger charge is 2.01. The smallest absolute Gasteiger partial charge is 0.101 e. The molecule has 2 rings (SSSR count). The molecule has 0 aromatic carbocycles. The molecule has 0 saturated heterocycles. The van der Waals surface area contributed by atoms with E-state index in [4.69, 9.17) is 16.9 Å². The van der Waals surface area contributed by atoms with Crippen molar-refractivity contribution in [2.45, 2.75) is 0 Å². The highest BCUT2D eigenvalue weighted by Crippen LogP contribution is 2.17. The van der Waals surface area contributed by atoms with E-state index >= 15 is 0 Å². The number of pyridine rings is 2. The summed E-state index contributed by atoms with van der Waals surface area (Å²) in [7, 11) is 0. The number of hydrogen-bond acceptors (Lipinski definition) is 3. The maximum atomic E-state index is 8.62. The summed E-state index contributed by atoms with van der Waals surface area (Å²) in [4.78, 5) is 8.25. The van der Waals surface area contributed by atoms with Crippen LogP contribution in [0.15, 0.2) is 36.7 Å². The van der Waals surface area contributed by atoms with Gasteiger partial charge in [0.1, 0.15) is 6.07 Å². The van der Waals surface area contributed by atoms with Gasteiger partial charge in [0.15, 0.2) is 0 Å². The van der Waals surface area contributed by atoms with Crippen molar-refractivity contribution in [2.24, 2.45) is 0 Å². The van der Waals surface area contributed by atoms with Gasteiger partial charge in [-0.15, -0.1) is 0 Å². The van der Waals surface area contributed by atoms with Crippen molar-refractivity contribution in [1.82, 2.24) is 9.97 Å².